The van der Waals surface area contributed by atoms with Crippen molar-refractivity contribution in [2.24, 2.45) is 0 Å². The highest BCUT2D eigenvalue weighted by atomic mass is 32.2. The van der Waals surface area contributed by atoms with E-state index in [0.29, 0.717) is 30.9 Å². The summed E-state index contributed by atoms with van der Waals surface area (Å²) < 4.78 is 31.1. The summed E-state index contributed by atoms with van der Waals surface area (Å²) in [5.74, 6) is 0.456. The molecule has 0 aliphatic rings. The van der Waals surface area contributed by atoms with E-state index < -0.39 is 10.0 Å². The van der Waals surface area contributed by atoms with Gasteiger partial charge in [0.1, 0.15) is 11.3 Å². The highest BCUT2D eigenvalue weighted by Gasteiger charge is 2.17. The van der Waals surface area contributed by atoms with Crippen LogP contribution in [-0.2, 0) is 10.0 Å². The Bertz CT molecular complexity index is 1090. The molecule has 29 heavy (non-hydrogen) atoms. The Labute approximate surface area is 170 Å². The maximum Gasteiger partial charge on any atom is 0.251 e. The fraction of sp³-hybridized carbons (Fsp3) is 0.238. The maximum atomic E-state index is 12.2. The highest BCUT2D eigenvalue weighted by Crippen LogP contribution is 2.22. The van der Waals surface area contributed by atoms with Gasteiger partial charge in [-0.25, -0.2) is 12.7 Å². The minimum Gasteiger partial charge on any atom is -0.491 e. The minimum atomic E-state index is -3.51. The molecule has 0 saturated carbocycles. The maximum absolute atomic E-state index is 12.2. The van der Waals surface area contributed by atoms with Crippen LogP contribution in [0.5, 0.6) is 5.75 Å². The summed E-state index contributed by atoms with van der Waals surface area (Å²) >= 11 is 0. The average Bonchev–Trinajstić information content (AvgIpc) is 2.73. The largest absolute Gasteiger partial charge is 0.491 e. The van der Waals surface area contributed by atoms with Gasteiger partial charge in [0.2, 0.25) is 10.0 Å². The number of para-hydroxylation sites is 1. The Balaban J connectivity index is 1.49. The Morgan fingerprint density at radius 1 is 1.07 bits per heavy atom. The lowest BCUT2D eigenvalue weighted by Crippen LogP contribution is -2.26. The lowest BCUT2D eigenvalue weighted by molar-refractivity contribution is 0.0951. The van der Waals surface area contributed by atoms with Crippen LogP contribution in [0, 0.1) is 0 Å². The molecule has 1 amide bonds. The second-order valence-corrected chi connectivity index (χ2v) is 8.75. The number of rotatable bonds is 8. The van der Waals surface area contributed by atoms with Crippen LogP contribution in [0.1, 0.15) is 16.8 Å². The second kappa shape index (κ2) is 9.02. The quantitative estimate of drug-likeness (QED) is 0.574. The molecule has 7 nitrogen and oxygen atoms in total. The number of carbonyl (C=O) groups excluding carboxylic acids is 1. The van der Waals surface area contributed by atoms with Gasteiger partial charge in [0.05, 0.1) is 11.5 Å². The van der Waals surface area contributed by atoms with Crippen molar-refractivity contribution in [3.05, 3.63) is 66.4 Å². The van der Waals surface area contributed by atoms with Gasteiger partial charge in [-0.05, 0) is 42.8 Å². The SMILES string of the molecule is CN(C)S(=O)(=O)c1ccc(C(=O)NCCCOc2cccc3cccnc23)cc1. The van der Waals surface area contributed by atoms with Gasteiger partial charge in [-0.2, -0.15) is 0 Å². The summed E-state index contributed by atoms with van der Waals surface area (Å²) in [6, 6.07) is 15.5. The summed E-state index contributed by atoms with van der Waals surface area (Å²) in [4.78, 5) is 16.7. The van der Waals surface area contributed by atoms with E-state index in [-0.39, 0.29) is 10.8 Å². The number of hydrogen-bond donors (Lipinski definition) is 1. The molecule has 0 spiro atoms. The van der Waals surface area contributed by atoms with Gasteiger partial charge in [0, 0.05) is 37.8 Å². The summed E-state index contributed by atoms with van der Waals surface area (Å²) in [6.45, 7) is 0.880. The van der Waals surface area contributed by atoms with E-state index in [1.165, 1.54) is 38.4 Å². The Hall–Kier alpha value is -2.97. The molecule has 3 rings (SSSR count). The van der Waals surface area contributed by atoms with Crippen molar-refractivity contribution in [2.45, 2.75) is 11.3 Å². The predicted molar refractivity (Wildman–Crippen MR) is 112 cm³/mol. The molecule has 0 radical (unpaired) electrons. The third-order valence-corrected chi connectivity index (χ3v) is 6.18. The molecule has 3 aromatic rings. The van der Waals surface area contributed by atoms with E-state index in [4.69, 9.17) is 4.74 Å². The first-order valence-corrected chi connectivity index (χ1v) is 10.6. The van der Waals surface area contributed by atoms with Crippen LogP contribution in [0.25, 0.3) is 10.9 Å². The normalized spacial score (nSPS) is 11.6. The van der Waals surface area contributed by atoms with E-state index in [0.717, 1.165) is 15.2 Å². The van der Waals surface area contributed by atoms with Gasteiger partial charge in [-0.1, -0.05) is 18.2 Å². The fourth-order valence-corrected chi connectivity index (χ4v) is 3.64. The lowest BCUT2D eigenvalue weighted by atomic mass is 10.2. The number of aromatic nitrogens is 1. The van der Waals surface area contributed by atoms with Crippen molar-refractivity contribution in [1.29, 1.82) is 0 Å². The van der Waals surface area contributed by atoms with E-state index in [1.807, 2.05) is 30.3 Å². The van der Waals surface area contributed by atoms with Gasteiger partial charge in [0.15, 0.2) is 0 Å². The molecule has 0 bridgehead atoms. The third-order valence-electron chi connectivity index (χ3n) is 4.36. The molecule has 1 heterocycles. The lowest BCUT2D eigenvalue weighted by Gasteiger charge is -2.12. The predicted octanol–water partition coefficient (Wildman–Crippen LogP) is 2.68. The zero-order chi connectivity index (χ0) is 20.9. The van der Waals surface area contributed by atoms with Crippen molar-refractivity contribution in [3.8, 4) is 5.75 Å². The molecule has 0 aliphatic heterocycles. The molecule has 1 N–H and O–H groups in total. The van der Waals surface area contributed by atoms with Gasteiger partial charge in [0.25, 0.3) is 5.91 Å². The van der Waals surface area contributed by atoms with Crippen LogP contribution in [0.15, 0.2) is 65.7 Å². The molecular formula is C21H23N3O4S. The molecule has 1 aromatic heterocycles. The number of amides is 1. The molecule has 8 heteroatoms. The number of nitrogens with zero attached hydrogens (tertiary/aromatic N) is 2. The molecule has 0 atom stereocenters. The van der Waals surface area contributed by atoms with Crippen LogP contribution in [0.4, 0.5) is 0 Å². The molecule has 0 saturated heterocycles. The highest BCUT2D eigenvalue weighted by molar-refractivity contribution is 7.89. The van der Waals surface area contributed by atoms with Crippen molar-refractivity contribution < 1.29 is 17.9 Å². The van der Waals surface area contributed by atoms with E-state index in [2.05, 4.69) is 10.3 Å². The number of pyridine rings is 1. The van der Waals surface area contributed by atoms with Gasteiger partial charge in [-0.15, -0.1) is 0 Å². The molecule has 0 fully saturated rings. The van der Waals surface area contributed by atoms with Crippen molar-refractivity contribution in [3.63, 3.8) is 0 Å². The number of carbonyl (C=O) groups is 1. The summed E-state index contributed by atoms with van der Waals surface area (Å²) in [5.41, 5.74) is 1.22. The van der Waals surface area contributed by atoms with E-state index in [9.17, 15) is 13.2 Å². The van der Waals surface area contributed by atoms with Crippen molar-refractivity contribution >= 4 is 26.8 Å². The molecule has 0 unspecified atom stereocenters. The first-order chi connectivity index (χ1) is 13.9. The van der Waals surface area contributed by atoms with E-state index >= 15 is 0 Å². The Morgan fingerprint density at radius 2 is 1.79 bits per heavy atom. The van der Waals surface area contributed by atoms with Gasteiger partial charge < -0.3 is 10.1 Å². The standard InChI is InChI=1S/C21H23N3O4S/c1-24(2)29(26,27)18-11-9-17(10-12-18)21(25)23-14-5-15-28-19-8-3-6-16-7-4-13-22-20(16)19/h3-4,6-13H,5,14-15H2,1-2H3,(H,23,25). The monoisotopic (exact) mass is 413 g/mol. The fourth-order valence-electron chi connectivity index (χ4n) is 2.74. The number of benzene rings is 2. The molecule has 2 aromatic carbocycles. The number of sulfonamides is 1. The van der Waals surface area contributed by atoms with Crippen LogP contribution in [0.2, 0.25) is 0 Å². The second-order valence-electron chi connectivity index (χ2n) is 6.60. The molecule has 152 valence electrons. The number of ether oxygens (including phenoxy) is 1. The summed E-state index contributed by atoms with van der Waals surface area (Å²) in [6.07, 6.45) is 2.35. The van der Waals surface area contributed by atoms with Crippen LogP contribution in [-0.4, -0.2) is 50.9 Å². The van der Waals surface area contributed by atoms with Crippen LogP contribution < -0.4 is 10.1 Å². The zero-order valence-corrected chi connectivity index (χ0v) is 17.1. The summed E-state index contributed by atoms with van der Waals surface area (Å²) in [7, 11) is -0.577. The van der Waals surface area contributed by atoms with Crippen molar-refractivity contribution in [1.82, 2.24) is 14.6 Å². The number of fused-ring (bicyclic) bond motifs is 1. The number of nitrogens with one attached hydrogen (secondary N) is 1. The van der Waals surface area contributed by atoms with Crippen LogP contribution >= 0.6 is 0 Å². The minimum absolute atomic E-state index is 0.149. The number of hydrogen-bond acceptors (Lipinski definition) is 5. The van der Waals surface area contributed by atoms with Gasteiger partial charge in [-0.3, -0.25) is 9.78 Å². The average molecular weight is 413 g/mol. The Kier molecular flexibility index (Phi) is 6.46. The molecular weight excluding hydrogens is 390 g/mol. The van der Waals surface area contributed by atoms with Crippen LogP contribution in [0.3, 0.4) is 0 Å². The Morgan fingerprint density at radius 3 is 2.52 bits per heavy atom. The third kappa shape index (κ3) is 4.90. The van der Waals surface area contributed by atoms with E-state index in [1.54, 1.807) is 6.20 Å². The zero-order valence-electron chi connectivity index (χ0n) is 16.3. The topological polar surface area (TPSA) is 88.6 Å². The first kappa shape index (κ1) is 20.8. The summed E-state index contributed by atoms with van der Waals surface area (Å²) in [5, 5.41) is 3.82. The van der Waals surface area contributed by atoms with Gasteiger partial charge >= 0.3 is 0 Å². The van der Waals surface area contributed by atoms with Crippen molar-refractivity contribution in [2.75, 3.05) is 27.2 Å². The first-order valence-electron chi connectivity index (χ1n) is 9.17. The smallest absolute Gasteiger partial charge is 0.251 e. The molecule has 0 aliphatic carbocycles.